The largest absolute Gasteiger partial charge is 0.497 e. The fourth-order valence-electron chi connectivity index (χ4n) is 2.97. The molecule has 0 fully saturated rings. The van der Waals surface area contributed by atoms with Crippen molar-refractivity contribution in [3.8, 4) is 11.5 Å². The van der Waals surface area contributed by atoms with Crippen molar-refractivity contribution >= 4 is 21.6 Å². The SMILES string of the molecule is COc1ccc(OC[C@H](C)NC(=O)[C@@H](C)N(c2ccc(C)c(C)c2)S(C)(=O)=O)cc1. The Balaban J connectivity index is 2.05. The van der Waals surface area contributed by atoms with Crippen molar-refractivity contribution in [2.24, 2.45) is 0 Å². The van der Waals surface area contributed by atoms with Crippen LogP contribution in [0.1, 0.15) is 25.0 Å². The molecule has 0 saturated carbocycles. The highest BCUT2D eigenvalue weighted by Gasteiger charge is 2.30. The first kappa shape index (κ1) is 23.5. The van der Waals surface area contributed by atoms with Gasteiger partial charge >= 0.3 is 0 Å². The standard InChI is InChI=1S/C22H30N2O5S/c1-15-7-8-19(13-16(15)2)24(30(6,26)27)18(4)22(25)23-17(3)14-29-21-11-9-20(28-5)10-12-21/h7-13,17-18H,14H2,1-6H3,(H,23,25)/t17-,18+/m0/s1. The third-order valence-electron chi connectivity index (χ3n) is 4.78. The quantitative estimate of drug-likeness (QED) is 0.656. The van der Waals surface area contributed by atoms with E-state index in [1.807, 2.05) is 19.9 Å². The van der Waals surface area contributed by atoms with Crippen LogP contribution in [0.3, 0.4) is 0 Å². The Morgan fingerprint density at radius 1 is 1.03 bits per heavy atom. The van der Waals surface area contributed by atoms with Gasteiger partial charge in [0.2, 0.25) is 15.9 Å². The van der Waals surface area contributed by atoms with Crippen LogP contribution in [0.2, 0.25) is 0 Å². The van der Waals surface area contributed by atoms with Crippen LogP contribution in [-0.4, -0.2) is 46.4 Å². The summed E-state index contributed by atoms with van der Waals surface area (Å²) >= 11 is 0. The Morgan fingerprint density at radius 2 is 1.63 bits per heavy atom. The van der Waals surface area contributed by atoms with Gasteiger partial charge in [0.15, 0.2) is 0 Å². The van der Waals surface area contributed by atoms with Crippen LogP contribution in [0.15, 0.2) is 42.5 Å². The van der Waals surface area contributed by atoms with Crippen molar-refractivity contribution in [2.75, 3.05) is 24.3 Å². The molecule has 2 aromatic rings. The minimum Gasteiger partial charge on any atom is -0.497 e. The van der Waals surface area contributed by atoms with Crippen LogP contribution in [0.4, 0.5) is 5.69 Å². The topological polar surface area (TPSA) is 84.9 Å². The molecule has 2 rings (SSSR count). The Kier molecular flexibility index (Phi) is 7.72. The van der Waals surface area contributed by atoms with Crippen LogP contribution in [0.25, 0.3) is 0 Å². The van der Waals surface area contributed by atoms with Crippen molar-refractivity contribution in [1.82, 2.24) is 5.32 Å². The predicted molar refractivity (Wildman–Crippen MR) is 119 cm³/mol. The van der Waals surface area contributed by atoms with E-state index in [-0.39, 0.29) is 12.6 Å². The summed E-state index contributed by atoms with van der Waals surface area (Å²) in [5.41, 5.74) is 2.47. The van der Waals surface area contributed by atoms with E-state index in [1.165, 1.54) is 0 Å². The number of carbonyl (C=O) groups excluding carboxylic acids is 1. The molecule has 0 saturated heterocycles. The van der Waals surface area contributed by atoms with Crippen molar-refractivity contribution in [1.29, 1.82) is 0 Å². The first-order valence-corrected chi connectivity index (χ1v) is 11.5. The van der Waals surface area contributed by atoms with Crippen LogP contribution in [-0.2, 0) is 14.8 Å². The summed E-state index contributed by atoms with van der Waals surface area (Å²) in [6.45, 7) is 7.47. The number of benzene rings is 2. The molecule has 0 spiro atoms. The molecule has 2 atom stereocenters. The summed E-state index contributed by atoms with van der Waals surface area (Å²) in [6, 6.07) is 11.2. The van der Waals surface area contributed by atoms with E-state index in [0.717, 1.165) is 27.4 Å². The second-order valence-corrected chi connectivity index (χ2v) is 9.26. The molecule has 2 aromatic carbocycles. The van der Waals surface area contributed by atoms with Gasteiger partial charge in [0, 0.05) is 0 Å². The normalized spacial score (nSPS) is 13.3. The fourth-order valence-corrected chi connectivity index (χ4v) is 4.14. The smallest absolute Gasteiger partial charge is 0.243 e. The number of carbonyl (C=O) groups is 1. The highest BCUT2D eigenvalue weighted by molar-refractivity contribution is 7.92. The lowest BCUT2D eigenvalue weighted by atomic mass is 10.1. The minimum absolute atomic E-state index is 0.243. The van der Waals surface area contributed by atoms with Crippen LogP contribution in [0, 0.1) is 13.8 Å². The summed E-state index contributed by atoms with van der Waals surface area (Å²) in [6.07, 6.45) is 1.10. The summed E-state index contributed by atoms with van der Waals surface area (Å²) in [5, 5.41) is 2.83. The van der Waals surface area contributed by atoms with Crippen LogP contribution >= 0.6 is 0 Å². The van der Waals surface area contributed by atoms with Gasteiger partial charge in [-0.05, 0) is 75.2 Å². The number of ether oxygens (including phenoxy) is 2. The summed E-state index contributed by atoms with van der Waals surface area (Å²) < 4.78 is 36.8. The number of anilines is 1. The number of hydrogen-bond acceptors (Lipinski definition) is 5. The molecule has 0 unspecified atom stereocenters. The van der Waals surface area contributed by atoms with Crippen molar-refractivity contribution in [3.05, 3.63) is 53.6 Å². The number of aryl methyl sites for hydroxylation is 2. The van der Waals surface area contributed by atoms with Gasteiger partial charge in [-0.2, -0.15) is 0 Å². The van der Waals surface area contributed by atoms with Crippen molar-refractivity contribution in [2.45, 2.75) is 39.8 Å². The minimum atomic E-state index is -3.66. The monoisotopic (exact) mass is 434 g/mol. The van der Waals surface area contributed by atoms with Gasteiger partial charge in [-0.1, -0.05) is 6.07 Å². The second kappa shape index (κ2) is 9.84. The molecule has 8 heteroatoms. The highest BCUT2D eigenvalue weighted by atomic mass is 32.2. The maximum atomic E-state index is 12.8. The Labute approximate surface area is 179 Å². The summed E-state index contributed by atoms with van der Waals surface area (Å²) in [4.78, 5) is 12.8. The predicted octanol–water partition coefficient (Wildman–Crippen LogP) is 3.05. The average molecular weight is 435 g/mol. The molecular formula is C22H30N2O5S. The first-order valence-electron chi connectivity index (χ1n) is 9.66. The van der Waals surface area contributed by atoms with E-state index in [4.69, 9.17) is 9.47 Å². The first-order chi connectivity index (χ1) is 14.0. The molecule has 7 nitrogen and oxygen atoms in total. The van der Waals surface area contributed by atoms with E-state index in [0.29, 0.717) is 11.4 Å². The van der Waals surface area contributed by atoms with Crippen molar-refractivity contribution in [3.63, 3.8) is 0 Å². The molecule has 0 aliphatic rings. The second-order valence-electron chi connectivity index (χ2n) is 7.40. The number of methoxy groups -OCH3 is 1. The van der Waals surface area contributed by atoms with Crippen molar-refractivity contribution < 1.29 is 22.7 Å². The molecule has 30 heavy (non-hydrogen) atoms. The Hall–Kier alpha value is -2.74. The third-order valence-corrected chi connectivity index (χ3v) is 6.02. The molecule has 164 valence electrons. The third kappa shape index (κ3) is 6.13. The fraction of sp³-hybridized carbons (Fsp3) is 0.409. The van der Waals surface area contributed by atoms with Crippen LogP contribution in [0.5, 0.6) is 11.5 Å². The lowest BCUT2D eigenvalue weighted by Gasteiger charge is -2.29. The molecule has 0 aliphatic heterocycles. The number of sulfonamides is 1. The van der Waals surface area contributed by atoms with Gasteiger partial charge in [-0.25, -0.2) is 8.42 Å². The molecule has 0 radical (unpaired) electrons. The molecule has 0 bridgehead atoms. The van der Waals surface area contributed by atoms with Crippen LogP contribution < -0.4 is 19.1 Å². The van der Waals surface area contributed by atoms with E-state index < -0.39 is 22.0 Å². The van der Waals surface area contributed by atoms with E-state index >= 15 is 0 Å². The zero-order valence-electron chi connectivity index (χ0n) is 18.3. The highest BCUT2D eigenvalue weighted by Crippen LogP contribution is 2.24. The number of rotatable bonds is 9. The van der Waals surface area contributed by atoms with Gasteiger partial charge in [0.1, 0.15) is 24.1 Å². The van der Waals surface area contributed by atoms with Gasteiger partial charge in [-0.3, -0.25) is 9.10 Å². The molecule has 1 N–H and O–H groups in total. The van der Waals surface area contributed by atoms with E-state index in [1.54, 1.807) is 57.4 Å². The zero-order chi connectivity index (χ0) is 22.5. The molecular weight excluding hydrogens is 404 g/mol. The van der Waals surface area contributed by atoms with E-state index in [2.05, 4.69) is 5.32 Å². The zero-order valence-corrected chi connectivity index (χ0v) is 19.1. The molecule has 0 aromatic heterocycles. The molecule has 0 heterocycles. The Bertz CT molecular complexity index is 974. The summed E-state index contributed by atoms with van der Waals surface area (Å²) in [7, 11) is -2.07. The average Bonchev–Trinajstić information content (AvgIpc) is 2.68. The van der Waals surface area contributed by atoms with Gasteiger partial charge < -0.3 is 14.8 Å². The maximum Gasteiger partial charge on any atom is 0.243 e. The number of nitrogens with zero attached hydrogens (tertiary/aromatic N) is 1. The maximum absolute atomic E-state index is 12.8. The van der Waals surface area contributed by atoms with Gasteiger partial charge in [0.05, 0.1) is 25.1 Å². The molecule has 0 aliphatic carbocycles. The number of nitrogens with one attached hydrogen (secondary N) is 1. The lowest BCUT2D eigenvalue weighted by molar-refractivity contribution is -0.122. The lowest BCUT2D eigenvalue weighted by Crippen LogP contribution is -2.50. The van der Waals surface area contributed by atoms with Gasteiger partial charge in [0.25, 0.3) is 0 Å². The Morgan fingerprint density at radius 3 is 2.17 bits per heavy atom. The van der Waals surface area contributed by atoms with Gasteiger partial charge in [-0.15, -0.1) is 0 Å². The number of amides is 1. The number of hydrogen-bond donors (Lipinski definition) is 1. The van der Waals surface area contributed by atoms with E-state index in [9.17, 15) is 13.2 Å². The molecule has 1 amide bonds. The summed E-state index contributed by atoms with van der Waals surface area (Å²) in [5.74, 6) is 0.979.